The van der Waals surface area contributed by atoms with E-state index < -0.39 is 0 Å². The topological polar surface area (TPSA) is 39.9 Å². The summed E-state index contributed by atoms with van der Waals surface area (Å²) in [5.74, 6) is 1.14. The Morgan fingerprint density at radius 1 is 1.62 bits per heavy atom. The lowest BCUT2D eigenvalue weighted by Gasteiger charge is -2.26. The van der Waals surface area contributed by atoms with E-state index in [-0.39, 0.29) is 5.54 Å². The molecule has 5 heteroatoms. The third kappa shape index (κ3) is 2.19. The van der Waals surface area contributed by atoms with E-state index in [1.165, 1.54) is 0 Å². The summed E-state index contributed by atoms with van der Waals surface area (Å²) in [6, 6.07) is 0. The predicted octanol–water partition coefficient (Wildman–Crippen LogP) is 1.40. The molecule has 0 unspecified atom stereocenters. The molecule has 0 spiro atoms. The maximum absolute atomic E-state index is 5.72. The number of hydrogen-bond acceptors (Lipinski definition) is 3. The van der Waals surface area contributed by atoms with Crippen LogP contribution >= 0.6 is 11.6 Å². The van der Waals surface area contributed by atoms with E-state index in [0.29, 0.717) is 12.5 Å². The number of nitrogens with zero attached hydrogens (tertiary/aromatic N) is 3. The van der Waals surface area contributed by atoms with Crippen LogP contribution in [0.2, 0.25) is 0 Å². The van der Waals surface area contributed by atoms with Gasteiger partial charge in [-0.25, -0.2) is 0 Å². The second-order valence-electron chi connectivity index (χ2n) is 3.50. The van der Waals surface area contributed by atoms with Crippen LogP contribution in [0.3, 0.4) is 0 Å². The van der Waals surface area contributed by atoms with Crippen LogP contribution in [0.15, 0.2) is 6.33 Å². The highest BCUT2D eigenvalue weighted by Crippen LogP contribution is 2.17. The summed E-state index contributed by atoms with van der Waals surface area (Å²) in [6.07, 6.45) is 1.68. The van der Waals surface area contributed by atoms with Crippen molar-refractivity contribution in [2.45, 2.75) is 25.3 Å². The van der Waals surface area contributed by atoms with Gasteiger partial charge in [0.15, 0.2) is 0 Å². The molecule has 1 aromatic rings. The smallest absolute Gasteiger partial charge is 0.148 e. The normalized spacial score (nSPS) is 12.0. The number of hydrogen-bond donors (Lipinski definition) is 0. The van der Waals surface area contributed by atoms with Crippen LogP contribution in [0.1, 0.15) is 19.7 Å². The van der Waals surface area contributed by atoms with Crippen molar-refractivity contribution in [2.24, 2.45) is 0 Å². The van der Waals surface area contributed by atoms with Gasteiger partial charge in [-0.05, 0) is 13.8 Å². The molecule has 0 aliphatic heterocycles. The predicted molar refractivity (Wildman–Crippen MR) is 50.8 cm³/mol. The quantitative estimate of drug-likeness (QED) is 0.695. The highest BCUT2D eigenvalue weighted by atomic mass is 35.5. The van der Waals surface area contributed by atoms with Crippen molar-refractivity contribution >= 4 is 11.6 Å². The van der Waals surface area contributed by atoms with Crippen molar-refractivity contribution in [3.63, 3.8) is 0 Å². The van der Waals surface area contributed by atoms with Crippen molar-refractivity contribution in [3.05, 3.63) is 12.2 Å². The van der Waals surface area contributed by atoms with Gasteiger partial charge in [0, 0.05) is 7.11 Å². The lowest BCUT2D eigenvalue weighted by Crippen LogP contribution is -2.32. The van der Waals surface area contributed by atoms with Gasteiger partial charge < -0.3 is 9.30 Å². The van der Waals surface area contributed by atoms with Gasteiger partial charge in [0.05, 0.1) is 18.0 Å². The van der Waals surface area contributed by atoms with E-state index in [0.717, 1.165) is 5.82 Å². The first-order chi connectivity index (χ1) is 6.11. The monoisotopic (exact) mass is 203 g/mol. The third-order valence-corrected chi connectivity index (χ3v) is 2.13. The fourth-order valence-electron chi connectivity index (χ4n) is 1.28. The zero-order chi connectivity index (χ0) is 9.90. The van der Waals surface area contributed by atoms with Crippen LogP contribution in [-0.4, -0.2) is 28.5 Å². The Morgan fingerprint density at radius 2 is 2.31 bits per heavy atom. The van der Waals surface area contributed by atoms with E-state index in [4.69, 9.17) is 16.3 Å². The molecule has 0 amide bonds. The largest absolute Gasteiger partial charge is 0.382 e. The van der Waals surface area contributed by atoms with Crippen molar-refractivity contribution in [2.75, 3.05) is 13.7 Å². The molecule has 74 valence electrons. The highest BCUT2D eigenvalue weighted by molar-refractivity contribution is 6.16. The fourth-order valence-corrected chi connectivity index (χ4v) is 1.46. The maximum Gasteiger partial charge on any atom is 0.148 e. The minimum absolute atomic E-state index is 0.150. The number of ether oxygens (including phenoxy) is 1. The van der Waals surface area contributed by atoms with Crippen LogP contribution in [-0.2, 0) is 16.2 Å². The van der Waals surface area contributed by atoms with E-state index in [9.17, 15) is 0 Å². The van der Waals surface area contributed by atoms with Crippen molar-refractivity contribution in [1.29, 1.82) is 0 Å². The number of methoxy groups -OCH3 is 1. The first-order valence-electron chi connectivity index (χ1n) is 4.06. The van der Waals surface area contributed by atoms with Crippen LogP contribution in [0.25, 0.3) is 0 Å². The molecule has 1 rings (SSSR count). The minimum atomic E-state index is -0.150. The summed E-state index contributed by atoms with van der Waals surface area (Å²) in [6.45, 7) is 4.71. The van der Waals surface area contributed by atoms with E-state index in [1.807, 2.05) is 4.57 Å². The molecule has 0 aliphatic carbocycles. The lowest BCUT2D eigenvalue weighted by atomic mass is 10.1. The first kappa shape index (κ1) is 10.5. The van der Waals surface area contributed by atoms with Crippen LogP contribution in [0.4, 0.5) is 0 Å². The van der Waals surface area contributed by atoms with Gasteiger partial charge in [-0.3, -0.25) is 0 Å². The molecule has 0 saturated heterocycles. The second kappa shape index (κ2) is 4.07. The number of alkyl halides is 1. The summed E-state index contributed by atoms with van der Waals surface area (Å²) < 4.78 is 7.04. The Hall–Kier alpha value is -0.610. The molecule has 0 radical (unpaired) electrons. The number of halogens is 1. The van der Waals surface area contributed by atoms with E-state index >= 15 is 0 Å². The molecular formula is C8H14ClN3O. The van der Waals surface area contributed by atoms with Gasteiger partial charge in [0.2, 0.25) is 0 Å². The minimum Gasteiger partial charge on any atom is -0.382 e. The fraction of sp³-hybridized carbons (Fsp3) is 0.750. The standard InChI is InChI=1S/C8H14ClN3O/c1-8(2,5-13-3)12-6-10-11-7(12)4-9/h6H,4-5H2,1-3H3. The Bertz CT molecular complexity index is 272. The summed E-state index contributed by atoms with van der Waals surface area (Å²) in [5, 5.41) is 7.72. The van der Waals surface area contributed by atoms with Gasteiger partial charge in [-0.2, -0.15) is 0 Å². The summed E-state index contributed by atoms with van der Waals surface area (Å²) in [5.41, 5.74) is -0.150. The second-order valence-corrected chi connectivity index (χ2v) is 3.76. The summed E-state index contributed by atoms with van der Waals surface area (Å²) >= 11 is 5.72. The van der Waals surface area contributed by atoms with E-state index in [1.54, 1.807) is 13.4 Å². The Morgan fingerprint density at radius 3 is 2.85 bits per heavy atom. The van der Waals surface area contributed by atoms with Gasteiger partial charge >= 0.3 is 0 Å². The highest BCUT2D eigenvalue weighted by Gasteiger charge is 2.22. The van der Waals surface area contributed by atoms with Crippen LogP contribution < -0.4 is 0 Å². The molecule has 0 fully saturated rings. The van der Waals surface area contributed by atoms with Gasteiger partial charge in [0.25, 0.3) is 0 Å². The van der Waals surface area contributed by atoms with E-state index in [2.05, 4.69) is 24.0 Å². The molecule has 1 aromatic heterocycles. The molecule has 0 atom stereocenters. The molecule has 0 N–H and O–H groups in total. The van der Waals surface area contributed by atoms with Crippen molar-refractivity contribution in [1.82, 2.24) is 14.8 Å². The van der Waals surface area contributed by atoms with Gasteiger partial charge in [-0.1, -0.05) is 0 Å². The average Bonchev–Trinajstić information content (AvgIpc) is 2.51. The van der Waals surface area contributed by atoms with Gasteiger partial charge in [-0.15, -0.1) is 21.8 Å². The van der Waals surface area contributed by atoms with Crippen molar-refractivity contribution in [3.8, 4) is 0 Å². The number of rotatable bonds is 4. The first-order valence-corrected chi connectivity index (χ1v) is 4.59. The molecule has 0 saturated carbocycles. The van der Waals surface area contributed by atoms with Crippen LogP contribution in [0.5, 0.6) is 0 Å². The maximum atomic E-state index is 5.72. The molecule has 0 bridgehead atoms. The Labute approximate surface area is 82.9 Å². The SMILES string of the molecule is COCC(C)(C)n1cnnc1CCl. The molecule has 0 aromatic carbocycles. The molecular weight excluding hydrogens is 190 g/mol. The zero-order valence-electron chi connectivity index (χ0n) is 8.12. The molecule has 1 heterocycles. The average molecular weight is 204 g/mol. The summed E-state index contributed by atoms with van der Waals surface area (Å²) in [4.78, 5) is 0. The van der Waals surface area contributed by atoms with Gasteiger partial charge in [0.1, 0.15) is 12.2 Å². The molecule has 4 nitrogen and oxygen atoms in total. The third-order valence-electron chi connectivity index (χ3n) is 1.89. The Balaban J connectivity index is 2.91. The Kier molecular flexibility index (Phi) is 3.27. The van der Waals surface area contributed by atoms with Crippen molar-refractivity contribution < 1.29 is 4.74 Å². The van der Waals surface area contributed by atoms with Crippen LogP contribution in [0, 0.1) is 0 Å². The molecule has 13 heavy (non-hydrogen) atoms. The zero-order valence-corrected chi connectivity index (χ0v) is 8.88. The lowest BCUT2D eigenvalue weighted by molar-refractivity contribution is 0.108. The molecule has 0 aliphatic rings. The summed E-state index contributed by atoms with van der Waals surface area (Å²) in [7, 11) is 1.67. The number of aromatic nitrogens is 3.